The molecular formula is C10H10N4O3S2. The van der Waals surface area contributed by atoms with Crippen LogP contribution in [0.4, 0.5) is 5.82 Å². The van der Waals surface area contributed by atoms with E-state index in [9.17, 15) is 8.42 Å². The lowest BCUT2D eigenvalue weighted by atomic mass is 10.4. The van der Waals surface area contributed by atoms with Gasteiger partial charge >= 0.3 is 0 Å². The van der Waals surface area contributed by atoms with E-state index >= 15 is 0 Å². The maximum atomic E-state index is 12.2. The van der Waals surface area contributed by atoms with Gasteiger partial charge in [-0.3, -0.25) is 4.40 Å². The summed E-state index contributed by atoms with van der Waals surface area (Å²) >= 11 is 1.32. The molecule has 3 aromatic rings. The first kappa shape index (κ1) is 12.2. The molecule has 0 aliphatic heterocycles. The summed E-state index contributed by atoms with van der Waals surface area (Å²) in [5.74, 6) is -0.00783. The predicted molar refractivity (Wildman–Crippen MR) is 70.2 cm³/mol. The zero-order valence-corrected chi connectivity index (χ0v) is 11.2. The van der Waals surface area contributed by atoms with E-state index < -0.39 is 10.0 Å². The molecule has 7 nitrogen and oxygen atoms in total. The molecule has 0 aliphatic rings. The minimum atomic E-state index is -3.73. The molecule has 0 aromatic carbocycles. The molecule has 0 spiro atoms. The Bertz CT molecular complexity index is 801. The van der Waals surface area contributed by atoms with Crippen LogP contribution in [0.25, 0.3) is 4.96 Å². The van der Waals surface area contributed by atoms with Crippen molar-refractivity contribution in [1.29, 1.82) is 0 Å². The first-order valence-corrected chi connectivity index (χ1v) is 7.66. The van der Waals surface area contributed by atoms with Gasteiger partial charge in [-0.1, -0.05) is 0 Å². The Balaban J connectivity index is 1.95. The third-order valence-electron chi connectivity index (χ3n) is 2.54. The number of nitrogens with zero attached hydrogens (tertiary/aromatic N) is 2. The fourth-order valence-corrected chi connectivity index (χ4v) is 3.69. The average molecular weight is 298 g/mol. The van der Waals surface area contributed by atoms with Gasteiger partial charge in [-0.15, -0.1) is 11.3 Å². The molecule has 9 heteroatoms. The molecule has 3 rings (SSSR count). The van der Waals surface area contributed by atoms with E-state index in [1.165, 1.54) is 28.3 Å². The molecule has 19 heavy (non-hydrogen) atoms. The zero-order valence-electron chi connectivity index (χ0n) is 9.61. The van der Waals surface area contributed by atoms with Crippen LogP contribution in [0.2, 0.25) is 0 Å². The minimum absolute atomic E-state index is 0.00783. The fraction of sp³-hybridized carbons (Fsp3) is 0.100. The van der Waals surface area contributed by atoms with E-state index in [4.69, 9.17) is 10.2 Å². The van der Waals surface area contributed by atoms with E-state index in [2.05, 4.69) is 9.71 Å². The van der Waals surface area contributed by atoms with Crippen molar-refractivity contribution in [3.05, 3.63) is 35.7 Å². The third kappa shape index (κ3) is 2.11. The number of imidazole rings is 1. The Morgan fingerprint density at radius 1 is 1.53 bits per heavy atom. The van der Waals surface area contributed by atoms with Crippen LogP contribution in [-0.2, 0) is 16.6 Å². The number of aromatic nitrogens is 2. The fourth-order valence-electron chi connectivity index (χ4n) is 1.69. The number of nitrogens with one attached hydrogen (secondary N) is 1. The number of furan rings is 1. The second-order valence-corrected chi connectivity index (χ2v) is 6.37. The Morgan fingerprint density at radius 2 is 2.37 bits per heavy atom. The number of nitrogen functional groups attached to an aromatic ring is 1. The Labute approximate surface area is 112 Å². The number of anilines is 1. The smallest absolute Gasteiger partial charge is 0.260 e. The van der Waals surface area contributed by atoms with Crippen LogP contribution < -0.4 is 10.5 Å². The third-order valence-corrected chi connectivity index (χ3v) is 4.74. The number of thiazole rings is 1. The van der Waals surface area contributed by atoms with Crippen LogP contribution in [0.15, 0.2) is 39.6 Å². The van der Waals surface area contributed by atoms with Crippen LogP contribution in [0.3, 0.4) is 0 Å². The maximum absolute atomic E-state index is 12.2. The highest BCUT2D eigenvalue weighted by molar-refractivity contribution is 7.89. The largest absolute Gasteiger partial charge is 0.472 e. The molecule has 3 N–H and O–H groups in total. The number of hydrogen-bond acceptors (Lipinski definition) is 6. The maximum Gasteiger partial charge on any atom is 0.260 e. The van der Waals surface area contributed by atoms with E-state index in [-0.39, 0.29) is 17.4 Å². The van der Waals surface area contributed by atoms with Crippen LogP contribution in [0, 0.1) is 0 Å². The SMILES string of the molecule is Nc1nc2sccn2c1S(=O)(=O)NCc1ccoc1. The summed E-state index contributed by atoms with van der Waals surface area (Å²) in [6.45, 7) is 0.135. The van der Waals surface area contributed by atoms with Gasteiger partial charge in [-0.2, -0.15) is 0 Å². The Kier molecular flexibility index (Phi) is 2.81. The number of fused-ring (bicyclic) bond motifs is 1. The van der Waals surface area contributed by atoms with Crippen molar-refractivity contribution in [2.45, 2.75) is 11.6 Å². The van der Waals surface area contributed by atoms with E-state index in [0.717, 1.165) is 5.56 Å². The molecule has 0 bridgehead atoms. The highest BCUT2D eigenvalue weighted by atomic mass is 32.2. The van der Waals surface area contributed by atoms with Crippen molar-refractivity contribution in [3.63, 3.8) is 0 Å². The molecule has 0 atom stereocenters. The lowest BCUT2D eigenvalue weighted by molar-refractivity contribution is 0.560. The van der Waals surface area contributed by atoms with Crippen molar-refractivity contribution in [2.24, 2.45) is 0 Å². The molecule has 0 unspecified atom stereocenters. The summed E-state index contributed by atoms with van der Waals surface area (Å²) in [5, 5.41) is 1.71. The minimum Gasteiger partial charge on any atom is -0.472 e. The summed E-state index contributed by atoms with van der Waals surface area (Å²) in [5.41, 5.74) is 6.40. The number of rotatable bonds is 4. The standard InChI is InChI=1S/C10H10N4O3S2/c11-8-9(14-2-4-18-10(14)13-8)19(15,16)12-5-7-1-3-17-6-7/h1-4,6,12H,5,11H2. The van der Waals surface area contributed by atoms with Crippen LogP contribution >= 0.6 is 11.3 Å². The van der Waals surface area contributed by atoms with Crippen molar-refractivity contribution < 1.29 is 12.8 Å². The molecule has 0 saturated heterocycles. The number of hydrogen-bond donors (Lipinski definition) is 2. The van der Waals surface area contributed by atoms with Gasteiger partial charge in [0.05, 0.1) is 12.5 Å². The van der Waals surface area contributed by atoms with Crippen molar-refractivity contribution in [2.75, 3.05) is 5.73 Å². The van der Waals surface area contributed by atoms with E-state index in [1.54, 1.807) is 17.6 Å². The molecule has 3 heterocycles. The summed E-state index contributed by atoms with van der Waals surface area (Å²) in [7, 11) is -3.73. The average Bonchev–Trinajstić information content (AvgIpc) is 3.01. The van der Waals surface area contributed by atoms with E-state index in [0.29, 0.717) is 4.96 Å². The van der Waals surface area contributed by atoms with Crippen LogP contribution in [-0.4, -0.2) is 17.8 Å². The molecule has 0 fully saturated rings. The summed E-state index contributed by atoms with van der Waals surface area (Å²) < 4.78 is 33.3. The normalized spacial score (nSPS) is 12.2. The zero-order chi connectivity index (χ0) is 13.5. The molecular weight excluding hydrogens is 288 g/mol. The molecule has 0 radical (unpaired) electrons. The molecule has 3 aromatic heterocycles. The lowest BCUT2D eigenvalue weighted by Gasteiger charge is -2.05. The molecule has 0 amide bonds. The molecule has 100 valence electrons. The number of sulfonamides is 1. The first-order valence-electron chi connectivity index (χ1n) is 5.30. The molecule has 0 saturated carbocycles. The van der Waals surface area contributed by atoms with Crippen LogP contribution in [0.5, 0.6) is 0 Å². The quantitative estimate of drug-likeness (QED) is 0.749. The molecule has 0 aliphatic carbocycles. The first-order chi connectivity index (χ1) is 9.08. The summed E-state index contributed by atoms with van der Waals surface area (Å²) in [4.78, 5) is 4.55. The Hall–Kier alpha value is -1.84. The van der Waals surface area contributed by atoms with E-state index in [1.807, 2.05) is 0 Å². The van der Waals surface area contributed by atoms with Gasteiger partial charge in [0.15, 0.2) is 15.8 Å². The van der Waals surface area contributed by atoms with Crippen molar-refractivity contribution in [1.82, 2.24) is 14.1 Å². The highest BCUT2D eigenvalue weighted by Crippen LogP contribution is 2.23. The van der Waals surface area contributed by atoms with Gasteiger partial charge in [-0.25, -0.2) is 18.1 Å². The summed E-state index contributed by atoms with van der Waals surface area (Å²) in [6, 6.07) is 1.68. The summed E-state index contributed by atoms with van der Waals surface area (Å²) in [6.07, 6.45) is 4.58. The highest BCUT2D eigenvalue weighted by Gasteiger charge is 2.24. The topological polar surface area (TPSA) is 103 Å². The van der Waals surface area contributed by atoms with Crippen LogP contribution in [0.1, 0.15) is 5.56 Å². The monoisotopic (exact) mass is 298 g/mol. The second-order valence-electron chi connectivity index (χ2n) is 3.81. The van der Waals surface area contributed by atoms with Gasteiger partial charge < -0.3 is 10.2 Å². The van der Waals surface area contributed by atoms with Gasteiger partial charge in [0, 0.05) is 23.7 Å². The van der Waals surface area contributed by atoms with Gasteiger partial charge in [-0.05, 0) is 6.07 Å². The van der Waals surface area contributed by atoms with Gasteiger partial charge in [0.1, 0.15) is 0 Å². The van der Waals surface area contributed by atoms with Gasteiger partial charge in [0.2, 0.25) is 0 Å². The van der Waals surface area contributed by atoms with Crippen molar-refractivity contribution >= 4 is 32.1 Å². The lowest BCUT2D eigenvalue weighted by Crippen LogP contribution is -2.25. The Morgan fingerprint density at radius 3 is 3.11 bits per heavy atom. The van der Waals surface area contributed by atoms with Crippen molar-refractivity contribution in [3.8, 4) is 0 Å². The second kappa shape index (κ2) is 4.37. The van der Waals surface area contributed by atoms with Gasteiger partial charge in [0.25, 0.3) is 10.0 Å². The number of nitrogens with two attached hydrogens (primary N) is 1. The predicted octanol–water partition coefficient (Wildman–Crippen LogP) is 1.05.